The summed E-state index contributed by atoms with van der Waals surface area (Å²) < 4.78 is 10.8. The van der Waals surface area contributed by atoms with Crippen molar-refractivity contribution in [2.45, 2.75) is 51.1 Å². The summed E-state index contributed by atoms with van der Waals surface area (Å²) in [6, 6.07) is 12.9. The van der Waals surface area contributed by atoms with Crippen molar-refractivity contribution in [2.24, 2.45) is 0 Å². The third-order valence-corrected chi connectivity index (χ3v) is 6.27. The zero-order valence-corrected chi connectivity index (χ0v) is 16.1. The van der Waals surface area contributed by atoms with Gasteiger partial charge < -0.3 is 9.47 Å². The van der Waals surface area contributed by atoms with Crippen LogP contribution >= 0.6 is 0 Å². The molecule has 1 fully saturated rings. The molecule has 6 rings (SSSR count). The number of esters is 2. The second kappa shape index (κ2) is 6.45. The number of benzene rings is 2. The molecule has 0 aromatic heterocycles. The summed E-state index contributed by atoms with van der Waals surface area (Å²) in [5, 5.41) is 0. The summed E-state index contributed by atoms with van der Waals surface area (Å²) in [6.07, 6.45) is 3.29. The van der Waals surface area contributed by atoms with Gasteiger partial charge in [-0.15, -0.1) is 0 Å². The summed E-state index contributed by atoms with van der Waals surface area (Å²) >= 11 is 0. The van der Waals surface area contributed by atoms with Gasteiger partial charge in [-0.1, -0.05) is 12.1 Å². The molecule has 0 spiro atoms. The van der Waals surface area contributed by atoms with Crippen LogP contribution in [0.25, 0.3) is 0 Å². The minimum absolute atomic E-state index is 0.192. The van der Waals surface area contributed by atoms with Gasteiger partial charge in [-0.3, -0.25) is 14.5 Å². The molecule has 0 N–H and O–H groups in total. The van der Waals surface area contributed by atoms with Crippen LogP contribution in [-0.2, 0) is 16.0 Å². The molecule has 4 aliphatic rings. The summed E-state index contributed by atoms with van der Waals surface area (Å²) in [6.45, 7) is 3.97. The van der Waals surface area contributed by atoms with Gasteiger partial charge in [-0.2, -0.15) is 0 Å². The number of hydrogen-bond donors (Lipinski definition) is 0. The predicted molar refractivity (Wildman–Crippen MR) is 104 cm³/mol. The highest BCUT2D eigenvalue weighted by molar-refractivity contribution is 5.70. The van der Waals surface area contributed by atoms with Gasteiger partial charge >= 0.3 is 11.9 Å². The van der Waals surface area contributed by atoms with Crippen molar-refractivity contribution in [3.05, 3.63) is 58.7 Å². The van der Waals surface area contributed by atoms with E-state index in [2.05, 4.69) is 17.0 Å². The van der Waals surface area contributed by atoms with Crippen LogP contribution in [0.1, 0.15) is 60.9 Å². The Labute approximate surface area is 164 Å². The van der Waals surface area contributed by atoms with Gasteiger partial charge in [0.25, 0.3) is 0 Å². The van der Waals surface area contributed by atoms with Crippen LogP contribution < -0.4 is 9.47 Å². The van der Waals surface area contributed by atoms with Crippen molar-refractivity contribution in [1.29, 1.82) is 0 Å². The summed E-state index contributed by atoms with van der Waals surface area (Å²) in [5.41, 5.74) is 5.11. The molecule has 5 heteroatoms. The van der Waals surface area contributed by atoms with Crippen LogP contribution in [0.3, 0.4) is 0 Å². The fraction of sp³-hybridized carbons (Fsp3) is 0.391. The second-order valence-electron chi connectivity index (χ2n) is 7.98. The van der Waals surface area contributed by atoms with E-state index < -0.39 is 0 Å². The Kier molecular flexibility index (Phi) is 4.02. The monoisotopic (exact) mass is 377 g/mol. The first-order valence-electron chi connectivity index (χ1n) is 9.90. The van der Waals surface area contributed by atoms with Gasteiger partial charge in [0.1, 0.15) is 11.5 Å². The summed E-state index contributed by atoms with van der Waals surface area (Å²) in [7, 11) is 0. The van der Waals surface area contributed by atoms with Gasteiger partial charge in [-0.25, -0.2) is 0 Å². The molecule has 0 unspecified atom stereocenters. The van der Waals surface area contributed by atoms with E-state index in [9.17, 15) is 9.59 Å². The zero-order chi connectivity index (χ0) is 19.4. The normalized spacial score (nSPS) is 24.7. The van der Waals surface area contributed by atoms with Crippen molar-refractivity contribution >= 4 is 11.9 Å². The largest absolute Gasteiger partial charge is 0.427 e. The molecule has 28 heavy (non-hydrogen) atoms. The highest BCUT2D eigenvalue weighted by Crippen LogP contribution is 2.53. The zero-order valence-electron chi connectivity index (χ0n) is 16.1. The van der Waals surface area contributed by atoms with Crippen molar-refractivity contribution in [1.82, 2.24) is 4.90 Å². The lowest BCUT2D eigenvalue weighted by Gasteiger charge is -2.41. The number of carbonyl (C=O) groups is 2. The summed E-state index contributed by atoms with van der Waals surface area (Å²) in [4.78, 5) is 25.6. The Morgan fingerprint density at radius 3 is 2.32 bits per heavy atom. The number of ether oxygens (including phenoxy) is 2. The lowest BCUT2D eigenvalue weighted by molar-refractivity contribution is -0.132. The van der Waals surface area contributed by atoms with Crippen LogP contribution in [0.2, 0.25) is 0 Å². The predicted octanol–water partition coefficient (Wildman–Crippen LogP) is 3.74. The van der Waals surface area contributed by atoms with Crippen LogP contribution in [0.5, 0.6) is 11.5 Å². The van der Waals surface area contributed by atoms with Crippen LogP contribution in [0.15, 0.2) is 36.4 Å². The van der Waals surface area contributed by atoms with Gasteiger partial charge in [0, 0.05) is 31.8 Å². The highest BCUT2D eigenvalue weighted by atomic mass is 16.5. The molecule has 1 saturated heterocycles. The average molecular weight is 377 g/mol. The molecule has 2 aromatic carbocycles. The van der Waals surface area contributed by atoms with E-state index in [1.54, 1.807) is 0 Å². The molecule has 144 valence electrons. The van der Waals surface area contributed by atoms with E-state index in [4.69, 9.17) is 9.47 Å². The smallest absolute Gasteiger partial charge is 0.308 e. The molecule has 3 aliphatic heterocycles. The molecule has 2 aromatic rings. The molecular weight excluding hydrogens is 354 g/mol. The van der Waals surface area contributed by atoms with E-state index >= 15 is 0 Å². The first kappa shape index (κ1) is 17.4. The Morgan fingerprint density at radius 2 is 1.61 bits per heavy atom. The second-order valence-corrected chi connectivity index (χ2v) is 7.98. The quantitative estimate of drug-likeness (QED) is 0.589. The SMILES string of the molecule is CC(=O)Oc1ccc2c(c1)[C@H]1c3cc(OC(C)=O)ccc3[C@H](C2)N2CCC[C@@H]12. The third-order valence-electron chi connectivity index (χ3n) is 6.27. The summed E-state index contributed by atoms with van der Waals surface area (Å²) in [5.74, 6) is 0.772. The first-order chi connectivity index (χ1) is 13.5. The Bertz CT molecular complexity index is 983. The fourth-order valence-corrected chi connectivity index (χ4v) is 5.39. The number of carbonyl (C=O) groups excluding carboxylic acids is 2. The molecule has 0 saturated carbocycles. The van der Waals surface area contributed by atoms with Crippen LogP contribution in [-0.4, -0.2) is 29.4 Å². The van der Waals surface area contributed by atoms with Crippen molar-refractivity contribution in [3.63, 3.8) is 0 Å². The number of nitrogens with zero attached hydrogens (tertiary/aromatic N) is 1. The Morgan fingerprint density at radius 1 is 0.929 bits per heavy atom. The minimum Gasteiger partial charge on any atom is -0.427 e. The average Bonchev–Trinajstić information content (AvgIpc) is 3.02. The van der Waals surface area contributed by atoms with Crippen molar-refractivity contribution in [3.8, 4) is 11.5 Å². The van der Waals surface area contributed by atoms with Gasteiger partial charge in [0.2, 0.25) is 0 Å². The van der Waals surface area contributed by atoms with Crippen molar-refractivity contribution in [2.75, 3.05) is 6.54 Å². The van der Waals surface area contributed by atoms with Gasteiger partial charge in [0.05, 0.1) is 0 Å². The van der Waals surface area contributed by atoms with E-state index in [0.717, 1.165) is 19.4 Å². The first-order valence-corrected chi connectivity index (χ1v) is 9.90. The molecule has 1 aliphatic carbocycles. The van der Waals surface area contributed by atoms with Crippen molar-refractivity contribution < 1.29 is 19.1 Å². The maximum absolute atomic E-state index is 11.5. The number of hydrogen-bond acceptors (Lipinski definition) is 5. The van der Waals surface area contributed by atoms with Crippen LogP contribution in [0, 0.1) is 0 Å². The number of rotatable bonds is 2. The van der Waals surface area contributed by atoms with Gasteiger partial charge in [0.15, 0.2) is 0 Å². The third kappa shape index (κ3) is 2.73. The molecule has 0 amide bonds. The molecule has 3 heterocycles. The molecule has 0 radical (unpaired) electrons. The molecule has 3 atom stereocenters. The van der Waals surface area contributed by atoms with Gasteiger partial charge in [-0.05, 0) is 72.3 Å². The molecule has 2 bridgehead atoms. The Balaban J connectivity index is 1.68. The highest BCUT2D eigenvalue weighted by Gasteiger charge is 2.47. The molecular formula is C23H23NO4. The fourth-order valence-electron chi connectivity index (χ4n) is 5.39. The lowest BCUT2D eigenvalue weighted by atomic mass is 9.78. The van der Waals surface area contributed by atoms with E-state index in [1.807, 2.05) is 24.3 Å². The minimum atomic E-state index is -0.307. The maximum atomic E-state index is 11.5. The lowest BCUT2D eigenvalue weighted by Crippen LogP contribution is -2.41. The molecule has 5 nitrogen and oxygen atoms in total. The Hall–Kier alpha value is -2.66. The van der Waals surface area contributed by atoms with E-state index in [0.29, 0.717) is 23.6 Å². The topological polar surface area (TPSA) is 55.8 Å². The standard InChI is InChI=1S/C23H23NO4/c1-13(25)27-16-6-5-15-10-22-18-8-7-17(28-14(2)26)12-20(18)23(19(15)11-16)21-4-3-9-24(21)22/h5-8,11-12,21-23H,3-4,9-10H2,1-2H3/t21-,22-,23-/m0/s1. The maximum Gasteiger partial charge on any atom is 0.308 e. The van der Waals surface area contributed by atoms with E-state index in [-0.39, 0.29) is 17.9 Å². The van der Waals surface area contributed by atoms with E-state index in [1.165, 1.54) is 42.5 Å². The van der Waals surface area contributed by atoms with Crippen LogP contribution in [0.4, 0.5) is 0 Å².